The highest BCUT2D eigenvalue weighted by Crippen LogP contribution is 2.21. The SMILES string of the molecule is Cc1cc(C(=O)NC(C)C(C)C(=O)O)nn1-c1ccccc1Cl. The fraction of sp³-hybridized carbons (Fsp3) is 0.312. The van der Waals surface area contributed by atoms with Gasteiger partial charge in [-0.1, -0.05) is 23.7 Å². The molecule has 1 heterocycles. The number of rotatable bonds is 5. The van der Waals surface area contributed by atoms with Gasteiger partial charge in [-0.25, -0.2) is 4.68 Å². The second-order valence-electron chi connectivity index (χ2n) is 5.42. The Morgan fingerprint density at radius 1 is 1.30 bits per heavy atom. The number of halogens is 1. The van der Waals surface area contributed by atoms with Crippen LogP contribution in [0.25, 0.3) is 5.69 Å². The van der Waals surface area contributed by atoms with E-state index in [2.05, 4.69) is 10.4 Å². The molecular formula is C16H18ClN3O3. The molecule has 2 N–H and O–H groups in total. The second-order valence-corrected chi connectivity index (χ2v) is 5.83. The molecule has 1 aromatic heterocycles. The third kappa shape index (κ3) is 3.71. The summed E-state index contributed by atoms with van der Waals surface area (Å²) in [6, 6.07) is 8.32. The molecule has 0 saturated carbocycles. The zero-order chi connectivity index (χ0) is 17.1. The Kier molecular flexibility index (Phi) is 5.05. The highest BCUT2D eigenvalue weighted by molar-refractivity contribution is 6.32. The number of carbonyl (C=O) groups excluding carboxylic acids is 1. The van der Waals surface area contributed by atoms with Gasteiger partial charge in [0, 0.05) is 11.7 Å². The van der Waals surface area contributed by atoms with E-state index in [4.69, 9.17) is 16.7 Å². The summed E-state index contributed by atoms with van der Waals surface area (Å²) >= 11 is 6.15. The number of carbonyl (C=O) groups is 2. The molecule has 122 valence electrons. The number of carboxylic acid groups (broad SMARTS) is 1. The average Bonchev–Trinajstić information content (AvgIpc) is 2.88. The molecule has 0 aliphatic carbocycles. The maximum atomic E-state index is 12.3. The molecule has 6 nitrogen and oxygen atoms in total. The van der Waals surface area contributed by atoms with Gasteiger partial charge in [0.05, 0.1) is 16.6 Å². The lowest BCUT2D eigenvalue weighted by atomic mass is 10.0. The second kappa shape index (κ2) is 6.83. The molecule has 1 amide bonds. The average molecular weight is 336 g/mol. The Labute approximate surface area is 139 Å². The zero-order valence-electron chi connectivity index (χ0n) is 13.1. The van der Waals surface area contributed by atoms with Crippen molar-refractivity contribution in [2.75, 3.05) is 0 Å². The molecule has 1 aromatic carbocycles. The van der Waals surface area contributed by atoms with Crippen LogP contribution < -0.4 is 5.32 Å². The maximum Gasteiger partial charge on any atom is 0.308 e. The number of benzene rings is 1. The van der Waals surface area contributed by atoms with Crippen LogP contribution in [0, 0.1) is 12.8 Å². The van der Waals surface area contributed by atoms with Crippen LogP contribution in [0.15, 0.2) is 30.3 Å². The Morgan fingerprint density at radius 2 is 1.96 bits per heavy atom. The molecule has 0 aliphatic rings. The van der Waals surface area contributed by atoms with Gasteiger partial charge in [0.15, 0.2) is 5.69 Å². The maximum absolute atomic E-state index is 12.3. The molecule has 0 spiro atoms. The summed E-state index contributed by atoms with van der Waals surface area (Å²) in [5.41, 5.74) is 1.65. The minimum absolute atomic E-state index is 0.215. The monoisotopic (exact) mass is 335 g/mol. The summed E-state index contributed by atoms with van der Waals surface area (Å²) in [5.74, 6) is -2.07. The van der Waals surface area contributed by atoms with E-state index < -0.39 is 23.8 Å². The quantitative estimate of drug-likeness (QED) is 0.879. The summed E-state index contributed by atoms with van der Waals surface area (Å²) in [4.78, 5) is 23.2. The van der Waals surface area contributed by atoms with E-state index in [1.54, 1.807) is 36.7 Å². The Hall–Kier alpha value is -2.34. The van der Waals surface area contributed by atoms with E-state index in [0.29, 0.717) is 10.7 Å². The summed E-state index contributed by atoms with van der Waals surface area (Å²) in [7, 11) is 0. The van der Waals surface area contributed by atoms with Gasteiger partial charge in [-0.15, -0.1) is 0 Å². The van der Waals surface area contributed by atoms with Gasteiger partial charge in [-0.05, 0) is 39.0 Å². The molecule has 2 atom stereocenters. The van der Waals surface area contributed by atoms with Crippen molar-refractivity contribution in [1.82, 2.24) is 15.1 Å². The van der Waals surface area contributed by atoms with Crippen LogP contribution in [0.4, 0.5) is 0 Å². The van der Waals surface area contributed by atoms with Crippen LogP contribution in [0.2, 0.25) is 5.02 Å². The van der Waals surface area contributed by atoms with Gasteiger partial charge in [-0.3, -0.25) is 9.59 Å². The largest absolute Gasteiger partial charge is 0.481 e. The molecule has 0 saturated heterocycles. The predicted molar refractivity (Wildman–Crippen MR) is 87.0 cm³/mol. The van der Waals surface area contributed by atoms with E-state index in [1.165, 1.54) is 0 Å². The molecule has 2 rings (SSSR count). The Morgan fingerprint density at radius 3 is 2.57 bits per heavy atom. The lowest BCUT2D eigenvalue weighted by Crippen LogP contribution is -2.40. The fourth-order valence-corrected chi connectivity index (χ4v) is 2.29. The molecule has 2 unspecified atom stereocenters. The number of hydrogen-bond acceptors (Lipinski definition) is 3. The topological polar surface area (TPSA) is 84.2 Å². The van der Waals surface area contributed by atoms with Crippen molar-refractivity contribution in [3.05, 3.63) is 46.7 Å². The molecule has 23 heavy (non-hydrogen) atoms. The fourth-order valence-electron chi connectivity index (χ4n) is 2.07. The van der Waals surface area contributed by atoms with Gasteiger partial charge in [0.2, 0.25) is 0 Å². The summed E-state index contributed by atoms with van der Waals surface area (Å²) in [6.45, 7) is 5.01. The molecule has 0 bridgehead atoms. The van der Waals surface area contributed by atoms with Gasteiger partial charge < -0.3 is 10.4 Å². The van der Waals surface area contributed by atoms with Crippen LogP contribution >= 0.6 is 11.6 Å². The van der Waals surface area contributed by atoms with Crippen molar-refractivity contribution in [2.24, 2.45) is 5.92 Å². The summed E-state index contributed by atoms with van der Waals surface area (Å²) in [6.07, 6.45) is 0. The van der Waals surface area contributed by atoms with Crippen LogP contribution in [-0.4, -0.2) is 32.8 Å². The van der Waals surface area contributed by atoms with E-state index in [9.17, 15) is 9.59 Å². The van der Waals surface area contributed by atoms with Gasteiger partial charge >= 0.3 is 5.97 Å². The van der Waals surface area contributed by atoms with Crippen molar-refractivity contribution in [3.8, 4) is 5.69 Å². The number of aromatic nitrogens is 2. The minimum atomic E-state index is -0.962. The van der Waals surface area contributed by atoms with Crippen molar-refractivity contribution < 1.29 is 14.7 Å². The van der Waals surface area contributed by atoms with Gasteiger partial charge in [0.25, 0.3) is 5.91 Å². The number of aliphatic carboxylic acids is 1. The molecule has 2 aromatic rings. The number of para-hydroxylation sites is 1. The van der Waals surface area contributed by atoms with Crippen LogP contribution in [0.1, 0.15) is 30.0 Å². The first-order valence-electron chi connectivity index (χ1n) is 7.16. The highest BCUT2D eigenvalue weighted by Gasteiger charge is 2.23. The molecule has 0 radical (unpaired) electrons. The molecular weight excluding hydrogens is 318 g/mol. The first kappa shape index (κ1) is 17.0. The molecule has 0 aliphatic heterocycles. The molecule has 0 fully saturated rings. The third-order valence-electron chi connectivity index (χ3n) is 3.70. The third-order valence-corrected chi connectivity index (χ3v) is 4.02. The van der Waals surface area contributed by atoms with Crippen molar-refractivity contribution >= 4 is 23.5 Å². The minimum Gasteiger partial charge on any atom is -0.481 e. The number of aryl methyl sites for hydroxylation is 1. The molecule has 7 heteroatoms. The Balaban J connectivity index is 2.23. The van der Waals surface area contributed by atoms with Crippen LogP contribution in [0.3, 0.4) is 0 Å². The number of amides is 1. The highest BCUT2D eigenvalue weighted by atomic mass is 35.5. The van der Waals surface area contributed by atoms with Crippen LogP contribution in [-0.2, 0) is 4.79 Å². The van der Waals surface area contributed by atoms with E-state index in [0.717, 1.165) is 5.69 Å². The number of nitrogens with zero attached hydrogens (tertiary/aromatic N) is 2. The standard InChI is InChI=1S/C16H18ClN3O3/c1-9-8-13(15(21)18-11(3)10(2)16(22)23)19-20(9)14-7-5-4-6-12(14)17/h4-8,10-11H,1-3H3,(H,18,21)(H,22,23). The van der Waals surface area contributed by atoms with Crippen molar-refractivity contribution in [1.29, 1.82) is 0 Å². The van der Waals surface area contributed by atoms with Crippen LogP contribution in [0.5, 0.6) is 0 Å². The van der Waals surface area contributed by atoms with E-state index in [1.807, 2.05) is 19.1 Å². The lowest BCUT2D eigenvalue weighted by Gasteiger charge is -2.16. The van der Waals surface area contributed by atoms with Gasteiger partial charge in [-0.2, -0.15) is 5.10 Å². The smallest absolute Gasteiger partial charge is 0.308 e. The van der Waals surface area contributed by atoms with E-state index >= 15 is 0 Å². The summed E-state index contributed by atoms with van der Waals surface area (Å²) in [5, 5.41) is 16.4. The van der Waals surface area contributed by atoms with Crippen molar-refractivity contribution in [3.63, 3.8) is 0 Å². The number of nitrogens with one attached hydrogen (secondary N) is 1. The first-order chi connectivity index (χ1) is 10.8. The predicted octanol–water partition coefficient (Wildman–Crippen LogP) is 2.67. The zero-order valence-corrected chi connectivity index (χ0v) is 13.8. The number of hydrogen-bond donors (Lipinski definition) is 2. The normalized spacial score (nSPS) is 13.4. The van der Waals surface area contributed by atoms with Crippen molar-refractivity contribution in [2.45, 2.75) is 26.8 Å². The summed E-state index contributed by atoms with van der Waals surface area (Å²) < 4.78 is 1.59. The first-order valence-corrected chi connectivity index (χ1v) is 7.54. The van der Waals surface area contributed by atoms with E-state index in [-0.39, 0.29) is 5.69 Å². The lowest BCUT2D eigenvalue weighted by molar-refractivity contribution is -0.141. The number of carboxylic acids is 1. The Bertz CT molecular complexity index is 742. The van der Waals surface area contributed by atoms with Gasteiger partial charge in [0.1, 0.15) is 0 Å².